The molecule has 0 aromatic heterocycles. The van der Waals surface area contributed by atoms with Crippen molar-refractivity contribution in [1.29, 1.82) is 0 Å². The van der Waals surface area contributed by atoms with Gasteiger partial charge in [0.05, 0.1) is 17.3 Å². The van der Waals surface area contributed by atoms with Crippen molar-refractivity contribution >= 4 is 50.2 Å². The quantitative estimate of drug-likeness (QED) is 0.255. The lowest BCUT2D eigenvalue weighted by Crippen LogP contribution is -2.00. The highest BCUT2D eigenvalue weighted by Crippen LogP contribution is 2.37. The zero-order valence-corrected chi connectivity index (χ0v) is 19.6. The lowest BCUT2D eigenvalue weighted by molar-refractivity contribution is 0.283. The molecular weight excluding hydrogens is 474 g/mol. The number of fused-ring (bicyclic) bond motifs is 1. The molecule has 0 aliphatic carbocycles. The molecule has 31 heavy (non-hydrogen) atoms. The Morgan fingerprint density at radius 3 is 2.65 bits per heavy atom. The van der Waals surface area contributed by atoms with Gasteiger partial charge in [0, 0.05) is 11.2 Å². The Bertz CT molecular complexity index is 1260. The number of halogens is 2. The first-order valence-corrected chi connectivity index (χ1v) is 11.0. The van der Waals surface area contributed by atoms with Crippen LogP contribution in [0, 0.1) is 6.92 Å². The van der Waals surface area contributed by atoms with Gasteiger partial charge in [-0.3, -0.25) is 4.99 Å². The zero-order valence-electron chi connectivity index (χ0n) is 17.2. The summed E-state index contributed by atoms with van der Waals surface area (Å²) in [5, 5.41) is 3.03. The third-order valence-corrected chi connectivity index (χ3v) is 5.85. The van der Waals surface area contributed by atoms with Gasteiger partial charge in [0.1, 0.15) is 6.61 Å². The molecule has 3 nitrogen and oxygen atoms in total. The van der Waals surface area contributed by atoms with Crippen LogP contribution in [0.1, 0.15) is 16.7 Å². The van der Waals surface area contributed by atoms with E-state index >= 15 is 0 Å². The topological polar surface area (TPSA) is 30.8 Å². The van der Waals surface area contributed by atoms with Crippen LogP contribution in [-0.4, -0.2) is 13.3 Å². The van der Waals surface area contributed by atoms with Crippen molar-refractivity contribution in [1.82, 2.24) is 0 Å². The van der Waals surface area contributed by atoms with Gasteiger partial charge in [0.25, 0.3) is 0 Å². The van der Waals surface area contributed by atoms with Crippen molar-refractivity contribution in [2.75, 3.05) is 7.11 Å². The maximum atomic E-state index is 6.17. The molecule has 0 aliphatic heterocycles. The van der Waals surface area contributed by atoms with Crippen LogP contribution in [0.5, 0.6) is 11.5 Å². The van der Waals surface area contributed by atoms with Crippen LogP contribution < -0.4 is 9.47 Å². The molecule has 4 rings (SSSR count). The third-order valence-electron chi connectivity index (χ3n) is 5.03. The van der Waals surface area contributed by atoms with Crippen molar-refractivity contribution in [3.63, 3.8) is 0 Å². The summed E-state index contributed by atoms with van der Waals surface area (Å²) < 4.78 is 12.6. The number of hydrogen-bond donors (Lipinski definition) is 0. The predicted molar refractivity (Wildman–Crippen MR) is 132 cm³/mol. The Morgan fingerprint density at radius 1 is 1.00 bits per heavy atom. The van der Waals surface area contributed by atoms with Gasteiger partial charge >= 0.3 is 0 Å². The minimum atomic E-state index is 0.436. The molecule has 156 valence electrons. The lowest BCUT2D eigenvalue weighted by atomic mass is 10.1. The molecule has 0 fully saturated rings. The van der Waals surface area contributed by atoms with Gasteiger partial charge in [0.15, 0.2) is 11.5 Å². The summed E-state index contributed by atoms with van der Waals surface area (Å²) in [5.74, 6) is 1.30. The second-order valence-electron chi connectivity index (χ2n) is 7.15. The van der Waals surface area contributed by atoms with E-state index in [9.17, 15) is 0 Å². The lowest BCUT2D eigenvalue weighted by Gasteiger charge is -2.14. The first-order valence-electron chi connectivity index (χ1n) is 9.82. The minimum Gasteiger partial charge on any atom is -0.493 e. The average molecular weight is 495 g/mol. The van der Waals surface area contributed by atoms with Crippen molar-refractivity contribution in [3.8, 4) is 11.5 Å². The zero-order chi connectivity index (χ0) is 21.8. The number of aliphatic imine (C=N–C) groups is 1. The van der Waals surface area contributed by atoms with E-state index in [1.807, 2.05) is 55.5 Å². The first kappa shape index (κ1) is 21.4. The standard InChI is InChI=1S/C26H21BrClNO2/c1-17-10-11-21(28)14-24(17)29-15-18-12-23(27)26(25(13-18)30-2)31-16-20-8-5-7-19-6-3-4-9-22(19)20/h3-15H,16H2,1-2H3. The molecule has 5 heteroatoms. The molecule has 0 aliphatic rings. The summed E-state index contributed by atoms with van der Waals surface area (Å²) in [6.45, 7) is 2.44. The van der Waals surface area contributed by atoms with Gasteiger partial charge in [-0.1, -0.05) is 60.1 Å². The predicted octanol–water partition coefficient (Wildman–Crippen LogP) is 7.90. The molecule has 0 spiro atoms. The summed E-state index contributed by atoms with van der Waals surface area (Å²) in [7, 11) is 1.63. The van der Waals surface area contributed by atoms with Crippen molar-refractivity contribution in [3.05, 3.63) is 99.0 Å². The van der Waals surface area contributed by atoms with Crippen LogP contribution in [-0.2, 0) is 6.61 Å². The van der Waals surface area contributed by atoms with E-state index in [0.29, 0.717) is 23.1 Å². The summed E-state index contributed by atoms with van der Waals surface area (Å²) in [6, 6.07) is 24.1. The number of ether oxygens (including phenoxy) is 2. The number of methoxy groups -OCH3 is 1. The highest BCUT2D eigenvalue weighted by Gasteiger charge is 2.12. The van der Waals surface area contributed by atoms with Gasteiger partial charge in [-0.2, -0.15) is 0 Å². The number of hydrogen-bond acceptors (Lipinski definition) is 3. The molecule has 0 N–H and O–H groups in total. The van der Waals surface area contributed by atoms with Gasteiger partial charge in [-0.25, -0.2) is 0 Å². The Morgan fingerprint density at radius 2 is 1.81 bits per heavy atom. The molecule has 0 saturated carbocycles. The number of rotatable bonds is 6. The number of nitrogens with zero attached hydrogens (tertiary/aromatic N) is 1. The van der Waals surface area contributed by atoms with Gasteiger partial charge < -0.3 is 9.47 Å². The summed E-state index contributed by atoms with van der Waals surface area (Å²) in [6.07, 6.45) is 1.79. The highest BCUT2D eigenvalue weighted by atomic mass is 79.9. The van der Waals surface area contributed by atoms with Gasteiger partial charge in [0.2, 0.25) is 0 Å². The number of benzene rings is 4. The third kappa shape index (κ3) is 4.92. The Labute approximate surface area is 195 Å². The fourth-order valence-corrected chi connectivity index (χ4v) is 4.13. The summed E-state index contributed by atoms with van der Waals surface area (Å²) >= 11 is 9.72. The summed E-state index contributed by atoms with van der Waals surface area (Å²) in [5.41, 5.74) is 3.90. The van der Waals surface area contributed by atoms with E-state index in [1.165, 1.54) is 10.8 Å². The van der Waals surface area contributed by atoms with E-state index < -0.39 is 0 Å². The van der Waals surface area contributed by atoms with Crippen molar-refractivity contribution in [2.45, 2.75) is 13.5 Å². The fraction of sp³-hybridized carbons (Fsp3) is 0.115. The molecule has 0 heterocycles. The summed E-state index contributed by atoms with van der Waals surface area (Å²) in [4.78, 5) is 4.58. The van der Waals surface area contributed by atoms with Crippen LogP contribution in [0.3, 0.4) is 0 Å². The highest BCUT2D eigenvalue weighted by molar-refractivity contribution is 9.10. The molecule has 0 bridgehead atoms. The molecule has 4 aromatic carbocycles. The average Bonchev–Trinajstić information content (AvgIpc) is 2.78. The van der Waals surface area contributed by atoms with Crippen molar-refractivity contribution < 1.29 is 9.47 Å². The van der Waals surface area contributed by atoms with Gasteiger partial charge in [-0.05, 0) is 74.6 Å². The normalized spacial score (nSPS) is 11.2. The first-order chi connectivity index (χ1) is 15.0. The smallest absolute Gasteiger partial charge is 0.175 e. The molecule has 0 saturated heterocycles. The molecule has 0 amide bonds. The fourth-order valence-electron chi connectivity index (χ4n) is 3.39. The largest absolute Gasteiger partial charge is 0.493 e. The number of aryl methyl sites for hydroxylation is 1. The van der Waals surface area contributed by atoms with Crippen LogP contribution in [0.4, 0.5) is 5.69 Å². The monoisotopic (exact) mass is 493 g/mol. The second kappa shape index (κ2) is 9.54. The van der Waals surface area contributed by atoms with Crippen LogP contribution in [0.2, 0.25) is 5.02 Å². The minimum absolute atomic E-state index is 0.436. The van der Waals surface area contributed by atoms with Gasteiger partial charge in [-0.15, -0.1) is 0 Å². The maximum Gasteiger partial charge on any atom is 0.175 e. The molecular formula is C26H21BrClNO2. The van der Waals surface area contributed by atoms with E-state index in [-0.39, 0.29) is 0 Å². The maximum absolute atomic E-state index is 6.17. The van der Waals surface area contributed by atoms with Crippen LogP contribution >= 0.6 is 27.5 Å². The SMILES string of the molecule is COc1cc(C=Nc2cc(Cl)ccc2C)cc(Br)c1OCc1cccc2ccccc12. The Balaban J connectivity index is 1.59. The van der Waals surface area contributed by atoms with E-state index in [2.05, 4.69) is 45.2 Å². The molecule has 0 atom stereocenters. The van der Waals surface area contributed by atoms with Crippen molar-refractivity contribution in [2.24, 2.45) is 4.99 Å². The molecule has 0 unspecified atom stereocenters. The van der Waals surface area contributed by atoms with Crippen LogP contribution in [0.15, 0.2) is 82.3 Å². The second-order valence-corrected chi connectivity index (χ2v) is 8.44. The molecule has 0 radical (unpaired) electrons. The Kier molecular flexibility index (Phi) is 6.59. The molecule has 4 aromatic rings. The van der Waals surface area contributed by atoms with E-state index in [1.54, 1.807) is 13.3 Å². The van der Waals surface area contributed by atoms with Crippen LogP contribution in [0.25, 0.3) is 10.8 Å². The van der Waals surface area contributed by atoms with E-state index in [0.717, 1.165) is 26.9 Å². The van der Waals surface area contributed by atoms with E-state index in [4.69, 9.17) is 21.1 Å². The Hall–Kier alpha value is -2.82.